The van der Waals surface area contributed by atoms with E-state index in [0.717, 1.165) is 12.1 Å². The molecule has 0 atom stereocenters. The number of ether oxygens (including phenoxy) is 2. The summed E-state index contributed by atoms with van der Waals surface area (Å²) in [6.45, 7) is 1.82. The molecule has 0 aliphatic heterocycles. The molecular weight excluding hydrogens is 249 g/mol. The number of carbonyl (C=O) groups is 1. The van der Waals surface area contributed by atoms with Crippen molar-refractivity contribution in [2.45, 2.75) is 19.5 Å². The van der Waals surface area contributed by atoms with Gasteiger partial charge in [0.05, 0.1) is 25.7 Å². The Kier molecular flexibility index (Phi) is 4.58. The summed E-state index contributed by atoms with van der Waals surface area (Å²) < 4.78 is 47.3. The van der Waals surface area contributed by atoms with Gasteiger partial charge in [-0.3, -0.25) is 4.79 Å². The lowest BCUT2D eigenvalue weighted by atomic mass is 10.1. The van der Waals surface area contributed by atoms with Crippen LogP contribution in [0.15, 0.2) is 18.2 Å². The molecule has 0 N–H and O–H groups in total. The van der Waals surface area contributed by atoms with E-state index in [2.05, 4.69) is 4.74 Å². The van der Waals surface area contributed by atoms with Crippen molar-refractivity contribution in [3.05, 3.63) is 29.3 Å². The molecular formula is C12H13F3O3. The lowest BCUT2D eigenvalue weighted by molar-refractivity contribution is -0.142. The lowest BCUT2D eigenvalue weighted by Crippen LogP contribution is -2.10. The fourth-order valence-corrected chi connectivity index (χ4v) is 1.42. The highest BCUT2D eigenvalue weighted by Gasteiger charge is 2.31. The second kappa shape index (κ2) is 5.75. The van der Waals surface area contributed by atoms with Crippen LogP contribution in [-0.2, 0) is 22.1 Å². The van der Waals surface area contributed by atoms with Crippen LogP contribution in [0.2, 0.25) is 0 Å². The zero-order chi connectivity index (χ0) is 13.8. The molecule has 100 valence electrons. The largest absolute Gasteiger partial charge is 0.497 e. The molecule has 0 spiro atoms. The van der Waals surface area contributed by atoms with Crippen LogP contribution in [0.5, 0.6) is 5.75 Å². The Morgan fingerprint density at radius 2 is 1.94 bits per heavy atom. The molecule has 0 unspecified atom stereocenters. The summed E-state index contributed by atoms with van der Waals surface area (Å²) in [4.78, 5) is 11.2. The zero-order valence-corrected chi connectivity index (χ0v) is 10.0. The molecule has 0 saturated carbocycles. The van der Waals surface area contributed by atoms with E-state index in [4.69, 9.17) is 4.74 Å². The molecule has 0 radical (unpaired) electrons. The predicted octanol–water partition coefficient (Wildman–Crippen LogP) is 2.82. The molecule has 6 heteroatoms. The summed E-state index contributed by atoms with van der Waals surface area (Å²) in [7, 11) is 1.27. The van der Waals surface area contributed by atoms with Gasteiger partial charge in [0.25, 0.3) is 0 Å². The van der Waals surface area contributed by atoms with E-state index < -0.39 is 17.7 Å². The van der Waals surface area contributed by atoms with Gasteiger partial charge in [-0.15, -0.1) is 0 Å². The van der Waals surface area contributed by atoms with Gasteiger partial charge in [0, 0.05) is 0 Å². The third-order valence-electron chi connectivity index (χ3n) is 2.18. The smallest absolute Gasteiger partial charge is 0.416 e. The quantitative estimate of drug-likeness (QED) is 0.783. The minimum atomic E-state index is -4.47. The average molecular weight is 262 g/mol. The first-order chi connectivity index (χ1) is 8.36. The minimum Gasteiger partial charge on any atom is -0.497 e. The van der Waals surface area contributed by atoms with Crippen LogP contribution in [0.1, 0.15) is 18.1 Å². The summed E-state index contributed by atoms with van der Waals surface area (Å²) >= 11 is 0. The SMILES string of the molecule is CCOC(=O)Cc1cc(OC)cc(C(F)(F)F)c1. The second-order valence-corrected chi connectivity index (χ2v) is 3.55. The van der Waals surface area contributed by atoms with Crippen molar-refractivity contribution >= 4 is 5.97 Å². The van der Waals surface area contributed by atoms with Crippen LogP contribution < -0.4 is 4.74 Å². The maximum absolute atomic E-state index is 12.6. The normalized spacial score (nSPS) is 11.2. The van der Waals surface area contributed by atoms with Gasteiger partial charge in [-0.25, -0.2) is 0 Å². The number of benzene rings is 1. The number of rotatable bonds is 4. The average Bonchev–Trinajstić information content (AvgIpc) is 2.27. The van der Waals surface area contributed by atoms with Gasteiger partial charge in [-0.1, -0.05) is 0 Å². The van der Waals surface area contributed by atoms with Crippen LogP contribution in [-0.4, -0.2) is 19.7 Å². The van der Waals surface area contributed by atoms with E-state index in [-0.39, 0.29) is 24.3 Å². The number of hydrogen-bond donors (Lipinski definition) is 0. The van der Waals surface area contributed by atoms with Crippen LogP contribution in [0.25, 0.3) is 0 Å². The molecule has 0 amide bonds. The molecule has 0 fully saturated rings. The fraction of sp³-hybridized carbons (Fsp3) is 0.417. The molecule has 0 heterocycles. The van der Waals surface area contributed by atoms with Gasteiger partial charge in [-0.2, -0.15) is 13.2 Å². The topological polar surface area (TPSA) is 35.5 Å². The highest BCUT2D eigenvalue weighted by molar-refractivity contribution is 5.72. The van der Waals surface area contributed by atoms with E-state index in [1.807, 2.05) is 0 Å². The van der Waals surface area contributed by atoms with Crippen molar-refractivity contribution in [3.8, 4) is 5.75 Å². The Morgan fingerprint density at radius 1 is 1.28 bits per heavy atom. The molecule has 0 aliphatic carbocycles. The number of esters is 1. The summed E-state index contributed by atoms with van der Waals surface area (Å²) in [6, 6.07) is 3.18. The second-order valence-electron chi connectivity index (χ2n) is 3.55. The Labute approximate surface area is 103 Å². The first-order valence-corrected chi connectivity index (χ1v) is 5.27. The van der Waals surface area contributed by atoms with Crippen LogP contribution in [0.4, 0.5) is 13.2 Å². The molecule has 1 aromatic rings. The third-order valence-corrected chi connectivity index (χ3v) is 2.18. The van der Waals surface area contributed by atoms with E-state index >= 15 is 0 Å². The van der Waals surface area contributed by atoms with Gasteiger partial charge >= 0.3 is 12.1 Å². The standard InChI is InChI=1S/C12H13F3O3/c1-3-18-11(16)6-8-4-9(12(13,14)15)7-10(5-8)17-2/h4-5,7H,3,6H2,1-2H3. The lowest BCUT2D eigenvalue weighted by Gasteiger charge is -2.11. The van der Waals surface area contributed by atoms with Gasteiger partial charge in [0.1, 0.15) is 5.75 Å². The van der Waals surface area contributed by atoms with Crippen molar-refractivity contribution < 1.29 is 27.4 Å². The molecule has 1 aromatic carbocycles. The highest BCUT2D eigenvalue weighted by Crippen LogP contribution is 2.32. The van der Waals surface area contributed by atoms with Crippen LogP contribution in [0.3, 0.4) is 0 Å². The first-order valence-electron chi connectivity index (χ1n) is 5.27. The van der Waals surface area contributed by atoms with Crippen LogP contribution >= 0.6 is 0 Å². The fourth-order valence-electron chi connectivity index (χ4n) is 1.42. The van der Waals surface area contributed by atoms with E-state index in [1.165, 1.54) is 13.2 Å². The number of hydrogen-bond acceptors (Lipinski definition) is 3. The summed E-state index contributed by atoms with van der Waals surface area (Å²) in [6.07, 6.45) is -4.69. The van der Waals surface area contributed by atoms with Crippen LogP contribution in [0, 0.1) is 0 Å². The number of halogens is 3. The molecule has 1 rings (SSSR count). The van der Waals surface area contributed by atoms with Crippen molar-refractivity contribution in [1.82, 2.24) is 0 Å². The van der Waals surface area contributed by atoms with Gasteiger partial charge < -0.3 is 9.47 Å². The van der Waals surface area contributed by atoms with Gasteiger partial charge in [-0.05, 0) is 30.7 Å². The summed E-state index contributed by atoms with van der Waals surface area (Å²) in [5.41, 5.74) is -0.638. The molecule has 3 nitrogen and oxygen atoms in total. The minimum absolute atomic E-state index is 0.0594. The molecule has 0 aromatic heterocycles. The first kappa shape index (κ1) is 14.3. The van der Waals surface area contributed by atoms with Crippen molar-refractivity contribution in [1.29, 1.82) is 0 Å². The Morgan fingerprint density at radius 3 is 2.44 bits per heavy atom. The number of methoxy groups -OCH3 is 1. The maximum Gasteiger partial charge on any atom is 0.416 e. The Balaban J connectivity index is 3.01. The monoisotopic (exact) mass is 262 g/mol. The molecule has 18 heavy (non-hydrogen) atoms. The molecule has 0 bridgehead atoms. The van der Waals surface area contributed by atoms with E-state index in [1.54, 1.807) is 6.92 Å². The number of alkyl halides is 3. The summed E-state index contributed by atoms with van der Waals surface area (Å²) in [5, 5.41) is 0. The van der Waals surface area contributed by atoms with Gasteiger partial charge in [0.15, 0.2) is 0 Å². The third kappa shape index (κ3) is 3.94. The Hall–Kier alpha value is -1.72. The van der Waals surface area contributed by atoms with Crippen molar-refractivity contribution in [2.24, 2.45) is 0 Å². The Bertz CT molecular complexity index is 427. The summed E-state index contributed by atoms with van der Waals surface area (Å²) in [5.74, 6) is -0.511. The zero-order valence-electron chi connectivity index (χ0n) is 10.0. The number of carbonyl (C=O) groups excluding carboxylic acids is 1. The van der Waals surface area contributed by atoms with Gasteiger partial charge in [0.2, 0.25) is 0 Å². The molecule has 0 saturated heterocycles. The maximum atomic E-state index is 12.6. The van der Waals surface area contributed by atoms with E-state index in [9.17, 15) is 18.0 Å². The molecule has 0 aliphatic rings. The van der Waals surface area contributed by atoms with E-state index in [0.29, 0.717) is 0 Å². The van der Waals surface area contributed by atoms with Crippen molar-refractivity contribution in [2.75, 3.05) is 13.7 Å². The van der Waals surface area contributed by atoms with Crippen molar-refractivity contribution in [3.63, 3.8) is 0 Å². The predicted molar refractivity (Wildman–Crippen MR) is 58.3 cm³/mol. The highest BCUT2D eigenvalue weighted by atomic mass is 19.4.